The van der Waals surface area contributed by atoms with Crippen molar-refractivity contribution in [3.8, 4) is 46.0 Å². The second kappa shape index (κ2) is 60.5. The van der Waals surface area contributed by atoms with Crippen molar-refractivity contribution in [2.75, 3.05) is 110 Å². The summed E-state index contributed by atoms with van der Waals surface area (Å²) in [5, 5.41) is 0. The number of hydrogen-bond acceptors (Lipinski definition) is 24. The molecule has 0 spiro atoms. The van der Waals surface area contributed by atoms with Crippen molar-refractivity contribution in [1.29, 1.82) is 0 Å². The molecule has 0 fully saturated rings. The maximum absolute atomic E-state index is 13.8. The SMILES string of the molecule is CCCCCCCCCCCC1c2cc(c(OCC(=O)OC)cc2OCC(=O)OC)C(CCCCCCCCCCC)c2cc(c(OCC(=O)OC)cc2OCC(=O)OC)C(CCCCCCCCCCC)c2cc(c(OCC(=O)OC)cc2OCC(=O)OC)C(CCCCCCCCCCC)c2cc1c(OCC(=O)OC)cc2OCC(=O)OC. The Labute approximate surface area is 715 Å². The molecule has 1 aliphatic carbocycles. The average molecular weight is 1680 g/mol. The molecular weight excluding hydrogens is 1540 g/mol. The predicted octanol–water partition coefficient (Wildman–Crippen LogP) is 20.6. The molecule has 120 heavy (non-hydrogen) atoms. The Kier molecular flexibility index (Phi) is 51.2. The van der Waals surface area contributed by atoms with Gasteiger partial charge in [-0.1, -0.05) is 259 Å². The van der Waals surface area contributed by atoms with Crippen molar-refractivity contribution in [3.05, 3.63) is 93.0 Å². The Balaban J connectivity index is 2.27. The van der Waals surface area contributed by atoms with Crippen LogP contribution < -0.4 is 37.9 Å². The van der Waals surface area contributed by atoms with E-state index in [1.807, 2.05) is 24.3 Å². The molecule has 5 rings (SSSR count). The van der Waals surface area contributed by atoms with E-state index in [1.165, 1.54) is 56.9 Å². The molecule has 0 atom stereocenters. The number of fused-ring (bicyclic) bond motifs is 8. The van der Waals surface area contributed by atoms with Gasteiger partial charge >= 0.3 is 47.8 Å². The lowest BCUT2D eigenvalue weighted by atomic mass is 9.76. The number of hydrogen-bond donors (Lipinski definition) is 0. The molecule has 672 valence electrons. The van der Waals surface area contributed by atoms with Gasteiger partial charge in [-0.3, -0.25) is 0 Å². The fourth-order valence-electron chi connectivity index (χ4n) is 15.7. The van der Waals surface area contributed by atoms with Gasteiger partial charge < -0.3 is 75.8 Å². The summed E-state index contributed by atoms with van der Waals surface area (Å²) in [5.74, 6) is -7.62. The molecule has 4 aromatic rings. The van der Waals surface area contributed by atoms with Gasteiger partial charge in [0.1, 0.15) is 46.0 Å². The third-order valence-electron chi connectivity index (χ3n) is 22.5. The van der Waals surface area contributed by atoms with Gasteiger partial charge in [0, 0.05) is 92.4 Å². The van der Waals surface area contributed by atoms with E-state index < -0.39 is 124 Å². The summed E-state index contributed by atoms with van der Waals surface area (Å²) < 4.78 is 96.8. The molecule has 0 saturated carbocycles. The van der Waals surface area contributed by atoms with E-state index in [1.54, 1.807) is 24.3 Å². The first kappa shape index (κ1) is 102. The first-order valence-electron chi connectivity index (χ1n) is 44.7. The summed E-state index contributed by atoms with van der Waals surface area (Å²) in [7, 11) is 10.1. The summed E-state index contributed by atoms with van der Waals surface area (Å²) >= 11 is 0. The largest absolute Gasteiger partial charge is 0.481 e. The second-order valence-electron chi connectivity index (χ2n) is 31.3. The lowest BCUT2D eigenvalue weighted by molar-refractivity contribution is -0.143. The molecule has 0 unspecified atom stereocenters. The van der Waals surface area contributed by atoms with Crippen LogP contribution in [0.4, 0.5) is 0 Å². The minimum Gasteiger partial charge on any atom is -0.481 e. The maximum Gasteiger partial charge on any atom is 0.343 e. The molecule has 0 amide bonds. The zero-order chi connectivity index (χ0) is 87.1. The highest BCUT2D eigenvalue weighted by Crippen LogP contribution is 2.54. The van der Waals surface area contributed by atoms with E-state index in [9.17, 15) is 38.4 Å². The van der Waals surface area contributed by atoms with Crippen LogP contribution in [-0.4, -0.2) is 157 Å². The molecule has 0 saturated heterocycles. The highest BCUT2D eigenvalue weighted by atomic mass is 16.6. The highest BCUT2D eigenvalue weighted by Gasteiger charge is 2.37. The molecule has 24 heteroatoms. The number of rotatable bonds is 64. The number of carbonyl (C=O) groups excluding carboxylic acids is 8. The third-order valence-corrected chi connectivity index (χ3v) is 22.5. The number of ether oxygens (including phenoxy) is 16. The first-order chi connectivity index (χ1) is 58.4. The summed E-state index contributed by atoms with van der Waals surface area (Å²) in [6.45, 7) is 4.15. The third kappa shape index (κ3) is 36.4. The van der Waals surface area contributed by atoms with E-state index >= 15 is 0 Å². The van der Waals surface area contributed by atoms with Crippen LogP contribution in [0.2, 0.25) is 0 Å². The normalized spacial score (nSPS) is 14.0. The molecule has 24 nitrogen and oxygen atoms in total. The number of unbranched alkanes of at least 4 members (excludes halogenated alkanes) is 32. The van der Waals surface area contributed by atoms with Crippen LogP contribution in [0.3, 0.4) is 0 Å². The van der Waals surface area contributed by atoms with Crippen molar-refractivity contribution in [3.63, 3.8) is 0 Å². The Bertz CT molecular complexity index is 3040. The molecular formula is C96H144O24. The van der Waals surface area contributed by atoms with Gasteiger partial charge in [-0.2, -0.15) is 0 Å². The molecule has 1 aliphatic rings. The van der Waals surface area contributed by atoms with Gasteiger partial charge in [-0.15, -0.1) is 0 Å². The molecule has 0 N–H and O–H groups in total. The van der Waals surface area contributed by atoms with Gasteiger partial charge in [-0.05, 0) is 49.9 Å². The zero-order valence-corrected chi connectivity index (χ0v) is 74.7. The van der Waals surface area contributed by atoms with Crippen LogP contribution in [0.25, 0.3) is 0 Å². The van der Waals surface area contributed by atoms with Gasteiger partial charge in [0.05, 0.1) is 56.9 Å². The minimum atomic E-state index is -0.814. The van der Waals surface area contributed by atoms with E-state index in [0.717, 1.165) is 205 Å². The Morgan fingerprint density at radius 1 is 0.183 bits per heavy atom. The van der Waals surface area contributed by atoms with Crippen LogP contribution in [-0.2, 0) is 76.3 Å². The van der Waals surface area contributed by atoms with Gasteiger partial charge in [0.2, 0.25) is 0 Å². The van der Waals surface area contributed by atoms with Crippen molar-refractivity contribution in [2.24, 2.45) is 0 Å². The van der Waals surface area contributed by atoms with Crippen LogP contribution in [0.15, 0.2) is 48.5 Å². The number of methoxy groups -OCH3 is 8. The standard InChI is InChI=1S/C96H144O24/c1-13-17-21-25-29-33-37-41-45-49-69-73-53-75(83(115-63-91(99)107-7)57-81(73)113-61-89(97)105-5)70(50-46-42-38-34-30-26-22-18-14-2)77-55-79(87(119-67-95(103)111-11)59-85(77)117-65-93(101)109-9)72(52-48-44-40-36-32-28-24-20-16-4)80-56-78(86(118-66-94(102)110-10)60-88(80)120-68-96(104)112-12)71(51-47-43-39-35-31-27-23-19-15-3)76-54-74(69)82(114-62-90(98)106-6)58-84(76)116-64-92(100)108-8/h53-60,69-72H,13-52,61-68H2,1-12H3. The van der Waals surface area contributed by atoms with Crippen LogP contribution in [0, 0.1) is 0 Å². The van der Waals surface area contributed by atoms with Crippen LogP contribution in [0.5, 0.6) is 46.0 Å². The fraction of sp³-hybridized carbons (Fsp3) is 0.667. The van der Waals surface area contributed by atoms with Crippen LogP contribution in [0.1, 0.15) is 353 Å². The van der Waals surface area contributed by atoms with Gasteiger partial charge in [-0.25, -0.2) is 38.4 Å². The Hall–Kier alpha value is -8.96. The van der Waals surface area contributed by atoms with Gasteiger partial charge in [0.15, 0.2) is 52.9 Å². The zero-order valence-electron chi connectivity index (χ0n) is 74.7. The minimum absolute atomic E-state index is 0.159. The topological polar surface area (TPSA) is 284 Å². The van der Waals surface area contributed by atoms with Crippen molar-refractivity contribution >= 4 is 47.8 Å². The number of esters is 8. The molecule has 0 heterocycles. The summed E-state index contributed by atoms with van der Waals surface area (Å²) in [6.07, 6.45) is 37.1. The van der Waals surface area contributed by atoms with Gasteiger partial charge in [0.25, 0.3) is 0 Å². The lowest BCUT2D eigenvalue weighted by Crippen LogP contribution is -2.21. The Morgan fingerprint density at radius 2 is 0.300 bits per heavy atom. The van der Waals surface area contributed by atoms with Crippen molar-refractivity contribution in [1.82, 2.24) is 0 Å². The summed E-state index contributed by atoms with van der Waals surface area (Å²) in [6, 6.07) is 14.7. The van der Waals surface area contributed by atoms with E-state index in [4.69, 9.17) is 75.8 Å². The summed E-state index contributed by atoms with van der Waals surface area (Å²) in [4.78, 5) is 110. The second-order valence-corrected chi connectivity index (χ2v) is 31.3. The highest BCUT2D eigenvalue weighted by molar-refractivity contribution is 5.76. The molecule has 0 aromatic heterocycles. The van der Waals surface area contributed by atoms with E-state index in [2.05, 4.69) is 27.7 Å². The lowest BCUT2D eigenvalue weighted by Gasteiger charge is -2.32. The van der Waals surface area contributed by atoms with Crippen LogP contribution >= 0.6 is 0 Å². The molecule has 0 aliphatic heterocycles. The average Bonchev–Trinajstić information content (AvgIpc) is 0.744. The molecule has 0 radical (unpaired) electrons. The Morgan fingerprint density at radius 3 is 0.417 bits per heavy atom. The first-order valence-corrected chi connectivity index (χ1v) is 44.7. The maximum atomic E-state index is 13.8. The van der Waals surface area contributed by atoms with Crippen molar-refractivity contribution in [2.45, 2.75) is 308 Å². The monoisotopic (exact) mass is 1680 g/mol. The van der Waals surface area contributed by atoms with Crippen molar-refractivity contribution < 1.29 is 114 Å². The van der Waals surface area contributed by atoms with E-state index in [0.29, 0.717) is 95.9 Å². The molecule has 8 bridgehead atoms. The predicted molar refractivity (Wildman–Crippen MR) is 461 cm³/mol. The number of benzene rings is 4. The number of carbonyl (C=O) groups is 8. The molecule has 4 aromatic carbocycles. The van der Waals surface area contributed by atoms with E-state index in [-0.39, 0.29) is 46.0 Å². The fourth-order valence-corrected chi connectivity index (χ4v) is 15.7. The quantitative estimate of drug-likeness (QED) is 0.0225. The summed E-state index contributed by atoms with van der Waals surface area (Å²) in [5.41, 5.74) is 4.15. The smallest absolute Gasteiger partial charge is 0.343 e.